The fraction of sp³-hybridized carbons (Fsp3) is 0.100. The number of pyridine rings is 1. The van der Waals surface area contributed by atoms with E-state index in [9.17, 15) is 29.2 Å². The number of nitrogens with zero attached hydrogens (tertiary/aromatic N) is 3. The Morgan fingerprint density at radius 2 is 1.76 bits per heavy atom. The number of carbonyl (C=O) groups excluding carboxylic acids is 1. The average molecular weight is 554 g/mol. The van der Waals surface area contributed by atoms with Gasteiger partial charge in [-0.2, -0.15) is 0 Å². The Hall–Kier alpha value is -5.58. The minimum atomic E-state index is -1.19. The van der Waals surface area contributed by atoms with Crippen molar-refractivity contribution >= 4 is 29.0 Å². The fourth-order valence-corrected chi connectivity index (χ4v) is 4.52. The Bertz CT molecular complexity index is 1740. The molecule has 0 bridgehead atoms. The lowest BCUT2D eigenvalue weighted by molar-refractivity contribution is -0.384. The molecule has 10 nitrogen and oxygen atoms in total. The summed E-state index contributed by atoms with van der Waals surface area (Å²) in [5.41, 5.74) is 2.62. The number of non-ortho nitro benzene ring substituents is 1. The molecule has 0 aliphatic rings. The van der Waals surface area contributed by atoms with Crippen LogP contribution in [-0.4, -0.2) is 31.3 Å². The van der Waals surface area contributed by atoms with Crippen molar-refractivity contribution in [2.24, 2.45) is 0 Å². The summed E-state index contributed by atoms with van der Waals surface area (Å²) in [7, 11) is 0. The Balaban J connectivity index is 1.54. The quantitative estimate of drug-likeness (QED) is 0.151. The van der Waals surface area contributed by atoms with Gasteiger partial charge in [-0.15, -0.1) is 0 Å². The number of imidazole rings is 1. The van der Waals surface area contributed by atoms with Crippen molar-refractivity contribution in [2.45, 2.75) is 19.0 Å². The molecule has 5 aromatic rings. The summed E-state index contributed by atoms with van der Waals surface area (Å²) in [5, 5.41) is 26.8. The van der Waals surface area contributed by atoms with E-state index in [4.69, 9.17) is 4.98 Å². The monoisotopic (exact) mass is 553 g/mol. The van der Waals surface area contributed by atoms with Crippen molar-refractivity contribution in [1.29, 1.82) is 0 Å². The number of nitrogens with one attached hydrogen (secondary N) is 2. The van der Waals surface area contributed by atoms with Crippen molar-refractivity contribution in [3.63, 3.8) is 0 Å². The first kappa shape index (κ1) is 27.0. The maximum Gasteiger partial charge on any atom is 0.305 e. The number of halogens is 1. The minimum absolute atomic E-state index is 0.157. The average Bonchev–Trinajstić information content (AvgIpc) is 3.35. The van der Waals surface area contributed by atoms with Crippen LogP contribution >= 0.6 is 0 Å². The number of carboxylic acid groups (broad SMARTS) is 1. The molecule has 11 heteroatoms. The summed E-state index contributed by atoms with van der Waals surface area (Å²) in [6.45, 7) is 0.451. The van der Waals surface area contributed by atoms with E-state index in [1.54, 1.807) is 34.9 Å². The van der Waals surface area contributed by atoms with Crippen LogP contribution in [0.25, 0.3) is 16.9 Å². The number of carbonyl (C=O) groups is 2. The third kappa shape index (κ3) is 6.04. The maximum absolute atomic E-state index is 13.7. The van der Waals surface area contributed by atoms with Gasteiger partial charge in [0.15, 0.2) is 5.65 Å². The molecule has 0 saturated carbocycles. The third-order valence-electron chi connectivity index (χ3n) is 6.48. The summed E-state index contributed by atoms with van der Waals surface area (Å²) in [6.07, 6.45) is 1.24. The van der Waals surface area contributed by atoms with E-state index in [2.05, 4.69) is 10.6 Å². The van der Waals surface area contributed by atoms with Gasteiger partial charge in [0.05, 0.1) is 22.9 Å². The third-order valence-corrected chi connectivity index (χ3v) is 6.48. The zero-order valence-electron chi connectivity index (χ0n) is 21.5. The van der Waals surface area contributed by atoms with Gasteiger partial charge in [-0.05, 0) is 47.5 Å². The molecule has 0 spiro atoms. The number of aromatic nitrogens is 2. The van der Waals surface area contributed by atoms with Gasteiger partial charge in [-0.1, -0.05) is 42.5 Å². The molecular formula is C30H24FN5O5. The molecule has 1 amide bonds. The van der Waals surface area contributed by atoms with Gasteiger partial charge >= 0.3 is 5.97 Å². The van der Waals surface area contributed by atoms with Gasteiger partial charge < -0.3 is 15.7 Å². The highest BCUT2D eigenvalue weighted by atomic mass is 19.1. The van der Waals surface area contributed by atoms with Gasteiger partial charge in [0.2, 0.25) is 0 Å². The maximum atomic E-state index is 13.7. The number of carboxylic acids is 1. The van der Waals surface area contributed by atoms with Crippen LogP contribution in [0.15, 0.2) is 97.2 Å². The molecule has 1 atom stereocenters. The lowest BCUT2D eigenvalue weighted by Gasteiger charge is -2.18. The number of aliphatic carboxylic acids is 1. The second-order valence-electron chi connectivity index (χ2n) is 9.25. The largest absolute Gasteiger partial charge is 0.481 e. The highest BCUT2D eigenvalue weighted by molar-refractivity contribution is 6.01. The molecule has 3 aromatic carbocycles. The first-order valence-corrected chi connectivity index (χ1v) is 12.6. The van der Waals surface area contributed by atoms with Gasteiger partial charge in [0, 0.05) is 30.4 Å². The molecule has 3 N–H and O–H groups in total. The molecular weight excluding hydrogens is 529 g/mol. The molecule has 0 fully saturated rings. The fourth-order valence-electron chi connectivity index (χ4n) is 4.52. The van der Waals surface area contributed by atoms with Gasteiger partial charge in [-0.3, -0.25) is 24.1 Å². The minimum Gasteiger partial charge on any atom is -0.481 e. The molecule has 1 unspecified atom stereocenters. The number of benzene rings is 3. The summed E-state index contributed by atoms with van der Waals surface area (Å²) in [6, 6.07) is 23.2. The smallest absolute Gasteiger partial charge is 0.305 e. The van der Waals surface area contributed by atoms with E-state index >= 15 is 0 Å². The molecule has 0 radical (unpaired) electrons. The summed E-state index contributed by atoms with van der Waals surface area (Å²) < 4.78 is 15.4. The van der Waals surface area contributed by atoms with Crippen LogP contribution in [0.4, 0.5) is 15.9 Å². The Morgan fingerprint density at radius 3 is 2.46 bits per heavy atom. The molecule has 206 valence electrons. The standard InChI is InChI=1S/C30H24FN5O5/c31-22-13-11-20(12-14-22)27-29(32-18-19-6-2-1-3-7-19)35-15-5-10-24(28(35)34-27)30(39)33-25(17-26(37)38)21-8-4-9-23(16-21)36(40)41/h1-16,25,32H,17-18H2,(H,33,39)(H,37,38). The molecule has 0 aliphatic carbocycles. The number of amides is 1. The molecule has 0 aliphatic heterocycles. The number of hydrogen-bond donors (Lipinski definition) is 3. The first-order chi connectivity index (χ1) is 19.8. The highest BCUT2D eigenvalue weighted by Crippen LogP contribution is 2.31. The van der Waals surface area contributed by atoms with Crippen molar-refractivity contribution in [1.82, 2.24) is 14.7 Å². The van der Waals surface area contributed by atoms with Gasteiger partial charge in [-0.25, -0.2) is 9.37 Å². The molecule has 41 heavy (non-hydrogen) atoms. The van der Waals surface area contributed by atoms with Crippen LogP contribution in [0.2, 0.25) is 0 Å². The van der Waals surface area contributed by atoms with Crippen LogP contribution in [0.1, 0.15) is 33.9 Å². The van der Waals surface area contributed by atoms with Crippen molar-refractivity contribution < 1.29 is 24.0 Å². The number of rotatable bonds is 10. The van der Waals surface area contributed by atoms with Gasteiger partial charge in [0.25, 0.3) is 11.6 Å². The predicted molar refractivity (Wildman–Crippen MR) is 150 cm³/mol. The second kappa shape index (κ2) is 11.7. The lowest BCUT2D eigenvalue weighted by Crippen LogP contribution is -2.30. The Labute approximate surface area is 233 Å². The second-order valence-corrected chi connectivity index (χ2v) is 9.25. The summed E-state index contributed by atoms with van der Waals surface area (Å²) in [4.78, 5) is 40.6. The molecule has 0 saturated heterocycles. The highest BCUT2D eigenvalue weighted by Gasteiger charge is 2.24. The predicted octanol–water partition coefficient (Wildman–Crippen LogP) is 5.61. The number of anilines is 1. The van der Waals surface area contributed by atoms with Crippen molar-refractivity contribution in [3.05, 3.63) is 130 Å². The van der Waals surface area contributed by atoms with E-state index in [1.165, 1.54) is 36.4 Å². The van der Waals surface area contributed by atoms with Crippen LogP contribution in [0.5, 0.6) is 0 Å². The summed E-state index contributed by atoms with van der Waals surface area (Å²) >= 11 is 0. The van der Waals surface area contributed by atoms with E-state index in [1.807, 2.05) is 30.3 Å². The Morgan fingerprint density at radius 1 is 1.00 bits per heavy atom. The lowest BCUT2D eigenvalue weighted by atomic mass is 10.0. The van der Waals surface area contributed by atoms with E-state index < -0.39 is 35.1 Å². The molecule has 2 heterocycles. The first-order valence-electron chi connectivity index (χ1n) is 12.6. The number of nitro benzene ring substituents is 1. The van der Waals surface area contributed by atoms with Crippen molar-refractivity contribution in [2.75, 3.05) is 5.32 Å². The van der Waals surface area contributed by atoms with Crippen LogP contribution in [-0.2, 0) is 11.3 Å². The topological polar surface area (TPSA) is 139 Å². The number of fused-ring (bicyclic) bond motifs is 1. The Kier molecular flexibility index (Phi) is 7.68. The van der Waals surface area contributed by atoms with Crippen LogP contribution in [0.3, 0.4) is 0 Å². The van der Waals surface area contributed by atoms with Gasteiger partial charge in [0.1, 0.15) is 17.3 Å². The van der Waals surface area contributed by atoms with E-state index in [-0.39, 0.29) is 22.5 Å². The van der Waals surface area contributed by atoms with Crippen LogP contribution < -0.4 is 10.6 Å². The zero-order chi connectivity index (χ0) is 28.9. The normalized spacial score (nSPS) is 11.6. The van der Waals surface area contributed by atoms with E-state index in [0.29, 0.717) is 23.6 Å². The molecule has 2 aromatic heterocycles. The van der Waals surface area contributed by atoms with Crippen LogP contribution in [0, 0.1) is 15.9 Å². The summed E-state index contributed by atoms with van der Waals surface area (Å²) in [5.74, 6) is -1.63. The van der Waals surface area contributed by atoms with Crippen molar-refractivity contribution in [3.8, 4) is 11.3 Å². The SMILES string of the molecule is O=C(O)CC(NC(=O)c1cccn2c(NCc3ccccc3)c(-c3ccc(F)cc3)nc12)c1cccc([N+](=O)[O-])c1. The number of hydrogen-bond acceptors (Lipinski definition) is 6. The zero-order valence-corrected chi connectivity index (χ0v) is 21.5. The number of nitro groups is 1. The van der Waals surface area contributed by atoms with E-state index in [0.717, 1.165) is 5.56 Å². The molecule has 5 rings (SSSR count).